The van der Waals surface area contributed by atoms with E-state index in [4.69, 9.17) is 22.1 Å². The van der Waals surface area contributed by atoms with Crippen molar-refractivity contribution in [2.75, 3.05) is 0 Å². The van der Waals surface area contributed by atoms with Gasteiger partial charge in [-0.15, -0.1) is 0 Å². The molecule has 0 bridgehead atoms. The Morgan fingerprint density at radius 3 is 2.62 bits per heavy atom. The van der Waals surface area contributed by atoms with Crippen LogP contribution in [0.3, 0.4) is 0 Å². The van der Waals surface area contributed by atoms with Crippen LogP contribution in [0, 0.1) is 5.82 Å². The van der Waals surface area contributed by atoms with Gasteiger partial charge in [-0.3, -0.25) is 0 Å². The highest BCUT2D eigenvalue weighted by molar-refractivity contribution is 9.10. The van der Waals surface area contributed by atoms with E-state index in [-0.39, 0.29) is 11.9 Å². The summed E-state index contributed by atoms with van der Waals surface area (Å²) >= 11 is 9.31. The quantitative estimate of drug-likeness (QED) is 0.771. The fourth-order valence-electron chi connectivity index (χ4n) is 1.91. The van der Waals surface area contributed by atoms with Crippen molar-refractivity contribution in [1.82, 2.24) is 0 Å². The molecule has 0 radical (unpaired) electrons. The van der Waals surface area contributed by atoms with Gasteiger partial charge in [-0.2, -0.15) is 0 Å². The van der Waals surface area contributed by atoms with Gasteiger partial charge in [-0.1, -0.05) is 18.5 Å². The van der Waals surface area contributed by atoms with E-state index in [1.165, 1.54) is 12.1 Å². The number of hydrogen-bond acceptors (Lipinski definition) is 2. The van der Waals surface area contributed by atoms with Gasteiger partial charge in [-0.25, -0.2) is 4.39 Å². The van der Waals surface area contributed by atoms with Gasteiger partial charge in [0, 0.05) is 11.1 Å². The van der Waals surface area contributed by atoms with Gasteiger partial charge in [-0.05, 0) is 70.7 Å². The molecule has 0 aliphatic heterocycles. The maximum atomic E-state index is 13.4. The van der Waals surface area contributed by atoms with E-state index in [9.17, 15) is 4.39 Å². The Labute approximate surface area is 137 Å². The molecule has 0 spiro atoms. The summed E-state index contributed by atoms with van der Waals surface area (Å²) < 4.78 is 20.1. The minimum absolute atomic E-state index is 0.0252. The molecule has 0 aromatic heterocycles. The van der Waals surface area contributed by atoms with Crippen LogP contribution in [-0.4, -0.2) is 6.04 Å². The zero-order valence-corrected chi connectivity index (χ0v) is 13.9. The predicted octanol–water partition coefficient (Wildman–Crippen LogP) is 5.31. The van der Waals surface area contributed by atoms with E-state index in [1.807, 2.05) is 6.92 Å². The normalized spacial score (nSPS) is 12.2. The van der Waals surface area contributed by atoms with Crippen molar-refractivity contribution in [3.8, 4) is 11.5 Å². The second-order valence-electron chi connectivity index (χ2n) is 4.80. The topological polar surface area (TPSA) is 35.2 Å². The SMILES string of the molecule is CCC(N)Cc1cc(F)ccc1Oc1ccc(Cl)cc1Br. The van der Waals surface area contributed by atoms with Crippen LogP contribution in [0.4, 0.5) is 4.39 Å². The van der Waals surface area contributed by atoms with E-state index in [1.54, 1.807) is 24.3 Å². The van der Waals surface area contributed by atoms with Crippen molar-refractivity contribution < 1.29 is 9.13 Å². The Morgan fingerprint density at radius 2 is 1.95 bits per heavy atom. The van der Waals surface area contributed by atoms with Crippen LogP contribution in [0.1, 0.15) is 18.9 Å². The Balaban J connectivity index is 2.30. The lowest BCUT2D eigenvalue weighted by molar-refractivity contribution is 0.466. The molecule has 2 N–H and O–H groups in total. The molecule has 21 heavy (non-hydrogen) atoms. The summed E-state index contributed by atoms with van der Waals surface area (Å²) in [6.45, 7) is 2.00. The van der Waals surface area contributed by atoms with Crippen LogP contribution in [-0.2, 0) is 6.42 Å². The van der Waals surface area contributed by atoms with Crippen molar-refractivity contribution >= 4 is 27.5 Å². The Bertz CT molecular complexity index is 636. The summed E-state index contributed by atoms with van der Waals surface area (Å²) in [6, 6.07) is 9.69. The molecule has 5 heteroatoms. The van der Waals surface area contributed by atoms with Gasteiger partial charge >= 0.3 is 0 Å². The molecule has 0 aliphatic carbocycles. The average Bonchev–Trinajstić information content (AvgIpc) is 2.44. The number of hydrogen-bond donors (Lipinski definition) is 1. The van der Waals surface area contributed by atoms with Crippen molar-refractivity contribution in [3.05, 3.63) is 57.3 Å². The molecule has 1 unspecified atom stereocenters. The highest BCUT2D eigenvalue weighted by Gasteiger charge is 2.12. The first-order valence-electron chi connectivity index (χ1n) is 6.66. The molecule has 1 atom stereocenters. The highest BCUT2D eigenvalue weighted by Crippen LogP contribution is 2.34. The minimum Gasteiger partial charge on any atom is -0.456 e. The lowest BCUT2D eigenvalue weighted by Crippen LogP contribution is -2.21. The number of nitrogens with two attached hydrogens (primary N) is 1. The first-order valence-corrected chi connectivity index (χ1v) is 7.83. The third-order valence-corrected chi connectivity index (χ3v) is 4.00. The Kier molecular flexibility index (Phi) is 5.62. The molecule has 112 valence electrons. The van der Waals surface area contributed by atoms with Gasteiger partial charge in [0.2, 0.25) is 0 Å². The molecule has 0 fully saturated rings. The monoisotopic (exact) mass is 371 g/mol. The summed E-state index contributed by atoms with van der Waals surface area (Å²) in [4.78, 5) is 0. The van der Waals surface area contributed by atoms with E-state index in [2.05, 4.69) is 15.9 Å². The van der Waals surface area contributed by atoms with Crippen LogP contribution in [0.15, 0.2) is 40.9 Å². The molecule has 2 aromatic rings. The smallest absolute Gasteiger partial charge is 0.141 e. The highest BCUT2D eigenvalue weighted by atomic mass is 79.9. The molecule has 2 nitrogen and oxygen atoms in total. The number of halogens is 3. The first-order chi connectivity index (χ1) is 9.99. The Morgan fingerprint density at radius 1 is 1.24 bits per heavy atom. The van der Waals surface area contributed by atoms with E-state index >= 15 is 0 Å². The first kappa shape index (κ1) is 16.3. The molecular weight excluding hydrogens is 357 g/mol. The zero-order chi connectivity index (χ0) is 15.4. The van der Waals surface area contributed by atoms with E-state index in [0.717, 1.165) is 16.5 Å². The van der Waals surface area contributed by atoms with Crippen LogP contribution >= 0.6 is 27.5 Å². The summed E-state index contributed by atoms with van der Waals surface area (Å²) in [5.41, 5.74) is 6.72. The molecular formula is C16H16BrClFNO. The van der Waals surface area contributed by atoms with Crippen molar-refractivity contribution in [3.63, 3.8) is 0 Å². The number of rotatable bonds is 5. The molecule has 2 rings (SSSR count). The maximum absolute atomic E-state index is 13.4. The molecule has 0 heterocycles. The van der Waals surface area contributed by atoms with Gasteiger partial charge in [0.15, 0.2) is 0 Å². The zero-order valence-electron chi connectivity index (χ0n) is 11.6. The summed E-state index contributed by atoms with van der Waals surface area (Å²) in [7, 11) is 0. The van der Waals surface area contributed by atoms with Gasteiger partial charge in [0.1, 0.15) is 17.3 Å². The average molecular weight is 373 g/mol. The van der Waals surface area contributed by atoms with Crippen LogP contribution in [0.25, 0.3) is 0 Å². The number of ether oxygens (including phenoxy) is 1. The fraction of sp³-hybridized carbons (Fsp3) is 0.250. The maximum Gasteiger partial charge on any atom is 0.141 e. The summed E-state index contributed by atoms with van der Waals surface area (Å²) in [5, 5.41) is 0.613. The minimum atomic E-state index is -0.296. The van der Waals surface area contributed by atoms with Crippen molar-refractivity contribution in [2.45, 2.75) is 25.8 Å². The van der Waals surface area contributed by atoms with E-state index < -0.39 is 0 Å². The second kappa shape index (κ2) is 7.25. The van der Waals surface area contributed by atoms with Gasteiger partial charge < -0.3 is 10.5 Å². The molecule has 0 amide bonds. The fourth-order valence-corrected chi connectivity index (χ4v) is 2.67. The van der Waals surface area contributed by atoms with E-state index in [0.29, 0.717) is 22.9 Å². The largest absolute Gasteiger partial charge is 0.456 e. The standard InChI is InChI=1S/C16H16BrClFNO/c1-2-13(20)8-10-7-12(19)4-6-15(10)21-16-5-3-11(18)9-14(16)17/h3-7,9,13H,2,8,20H2,1H3. The van der Waals surface area contributed by atoms with Gasteiger partial charge in [0.05, 0.1) is 4.47 Å². The van der Waals surface area contributed by atoms with Crippen molar-refractivity contribution in [1.29, 1.82) is 0 Å². The lowest BCUT2D eigenvalue weighted by atomic mass is 10.0. The molecule has 0 saturated heterocycles. The second-order valence-corrected chi connectivity index (χ2v) is 6.09. The van der Waals surface area contributed by atoms with Crippen LogP contribution in [0.5, 0.6) is 11.5 Å². The Hall–Kier alpha value is -1.10. The summed E-state index contributed by atoms with van der Waals surface area (Å²) in [6.07, 6.45) is 1.38. The predicted molar refractivity (Wildman–Crippen MR) is 87.6 cm³/mol. The third kappa shape index (κ3) is 4.43. The van der Waals surface area contributed by atoms with Crippen molar-refractivity contribution in [2.24, 2.45) is 5.73 Å². The molecule has 2 aromatic carbocycles. The van der Waals surface area contributed by atoms with Crippen LogP contribution < -0.4 is 10.5 Å². The summed E-state index contributed by atoms with van der Waals surface area (Å²) in [5.74, 6) is 0.927. The molecule has 0 aliphatic rings. The lowest BCUT2D eigenvalue weighted by Gasteiger charge is -2.15. The molecule has 0 saturated carbocycles. The number of benzene rings is 2. The van der Waals surface area contributed by atoms with Gasteiger partial charge in [0.25, 0.3) is 0 Å². The third-order valence-electron chi connectivity index (χ3n) is 3.14. The van der Waals surface area contributed by atoms with Crippen LogP contribution in [0.2, 0.25) is 5.02 Å².